The van der Waals surface area contributed by atoms with Crippen molar-refractivity contribution in [2.45, 2.75) is 51.9 Å². The molecule has 7 nitrogen and oxygen atoms in total. The van der Waals surface area contributed by atoms with Crippen LogP contribution in [-0.2, 0) is 4.74 Å². The molecule has 10 heteroatoms. The summed E-state index contributed by atoms with van der Waals surface area (Å²) in [5.74, 6) is 0.860. The quantitative estimate of drug-likeness (QED) is 0.167. The Balaban J connectivity index is 1.85. The lowest BCUT2D eigenvalue weighted by Crippen LogP contribution is -2.37. The third kappa shape index (κ3) is 6.40. The van der Waals surface area contributed by atoms with Gasteiger partial charge in [-0.15, -0.1) is 11.8 Å². The standard InChI is InChI=1S/C28H38F2N6OS/c1-7-17(2)26(36-10-12-37-13-11-36)25(20-8-9-20)28(32-24-14-18(3)33-34-24)31-19(4)35(5)27-22(29)15-21(38-6)16-23(27)30/h14-16,20H,7-13H2,1-6H3,(H2,32,33,34)/b26-17-,28-25+,31-19+. The number of hydrogen-bond acceptors (Lipinski definition) is 6. The van der Waals surface area contributed by atoms with Crippen molar-refractivity contribution in [1.29, 1.82) is 0 Å². The highest BCUT2D eigenvalue weighted by Gasteiger charge is 2.35. The number of amidine groups is 1. The van der Waals surface area contributed by atoms with Gasteiger partial charge in [-0.25, -0.2) is 13.8 Å². The Hall–Kier alpha value is -2.85. The summed E-state index contributed by atoms with van der Waals surface area (Å²) in [5.41, 5.74) is 4.38. The molecule has 1 aromatic carbocycles. The highest BCUT2D eigenvalue weighted by Crippen LogP contribution is 2.44. The molecule has 1 aliphatic heterocycles. The molecule has 2 fully saturated rings. The fourth-order valence-electron chi connectivity index (χ4n) is 4.63. The van der Waals surface area contributed by atoms with Crippen LogP contribution in [0.5, 0.6) is 0 Å². The van der Waals surface area contributed by atoms with Crippen molar-refractivity contribution in [3.8, 4) is 0 Å². The van der Waals surface area contributed by atoms with Gasteiger partial charge in [0, 0.05) is 48.1 Å². The SMILES string of the molecule is CC/C(C)=C(/C(=C(\N=C(/C)N(C)c1c(F)cc(SC)cc1F)Nc1cc(C)[nH]n1)C1CC1)N1CCOCC1. The number of benzene rings is 1. The number of hydrogen-bond donors (Lipinski definition) is 2. The first-order valence-electron chi connectivity index (χ1n) is 13.1. The molecule has 2 aliphatic rings. The number of ether oxygens (including phenoxy) is 1. The average Bonchev–Trinajstić information content (AvgIpc) is 3.66. The van der Waals surface area contributed by atoms with Gasteiger partial charge in [-0.2, -0.15) is 5.10 Å². The van der Waals surface area contributed by atoms with E-state index in [1.807, 2.05) is 13.0 Å². The van der Waals surface area contributed by atoms with Gasteiger partial charge in [0.05, 0.1) is 13.2 Å². The lowest BCUT2D eigenvalue weighted by molar-refractivity contribution is 0.0538. The van der Waals surface area contributed by atoms with Crippen LogP contribution in [0.15, 0.2) is 50.8 Å². The van der Waals surface area contributed by atoms with Crippen LogP contribution in [0.25, 0.3) is 0 Å². The molecule has 38 heavy (non-hydrogen) atoms. The second-order valence-electron chi connectivity index (χ2n) is 9.84. The van der Waals surface area contributed by atoms with E-state index >= 15 is 0 Å². The fraction of sp³-hybridized carbons (Fsp3) is 0.500. The largest absolute Gasteiger partial charge is 0.378 e. The normalized spacial score (nSPS) is 17.8. The number of nitrogens with one attached hydrogen (secondary N) is 2. The molecule has 0 radical (unpaired) electrons. The van der Waals surface area contributed by atoms with E-state index in [0.29, 0.717) is 41.5 Å². The van der Waals surface area contributed by atoms with Crippen LogP contribution in [0.2, 0.25) is 0 Å². The Morgan fingerprint density at radius 3 is 2.39 bits per heavy atom. The van der Waals surface area contributed by atoms with Gasteiger partial charge in [-0.1, -0.05) is 6.92 Å². The molecule has 2 N–H and O–H groups in total. The molecular formula is C28H38F2N6OS. The Morgan fingerprint density at radius 2 is 1.87 bits per heavy atom. The van der Waals surface area contributed by atoms with Crippen molar-refractivity contribution in [3.05, 3.63) is 58.2 Å². The second-order valence-corrected chi connectivity index (χ2v) is 10.7. The van der Waals surface area contributed by atoms with Crippen molar-refractivity contribution in [2.75, 3.05) is 49.8 Å². The summed E-state index contributed by atoms with van der Waals surface area (Å²) < 4.78 is 35.6. The van der Waals surface area contributed by atoms with E-state index in [1.165, 1.54) is 40.1 Å². The summed E-state index contributed by atoms with van der Waals surface area (Å²) in [6.45, 7) is 11.0. The third-order valence-corrected chi connectivity index (χ3v) is 7.74. The van der Waals surface area contributed by atoms with Gasteiger partial charge in [-0.3, -0.25) is 5.10 Å². The number of allylic oxidation sites excluding steroid dienone is 2. The van der Waals surface area contributed by atoms with Gasteiger partial charge < -0.3 is 19.9 Å². The predicted octanol–water partition coefficient (Wildman–Crippen LogP) is 6.32. The first-order chi connectivity index (χ1) is 18.2. The number of morpholine rings is 1. The molecule has 0 unspecified atom stereocenters. The summed E-state index contributed by atoms with van der Waals surface area (Å²) in [4.78, 5) is 9.40. The van der Waals surface area contributed by atoms with E-state index in [-0.39, 0.29) is 5.69 Å². The number of aliphatic imine (C=N–C) groups is 1. The molecule has 0 bridgehead atoms. The van der Waals surface area contributed by atoms with Crippen LogP contribution in [0.1, 0.15) is 45.7 Å². The maximum atomic E-state index is 15.0. The van der Waals surface area contributed by atoms with Crippen molar-refractivity contribution >= 4 is 29.1 Å². The van der Waals surface area contributed by atoms with Crippen molar-refractivity contribution < 1.29 is 13.5 Å². The third-order valence-electron chi connectivity index (χ3n) is 7.03. The fourth-order valence-corrected chi connectivity index (χ4v) is 5.08. The van der Waals surface area contributed by atoms with Crippen LogP contribution in [0, 0.1) is 24.5 Å². The highest BCUT2D eigenvalue weighted by atomic mass is 32.2. The zero-order valence-electron chi connectivity index (χ0n) is 23.1. The topological polar surface area (TPSA) is 68.8 Å². The number of H-pyrrole nitrogens is 1. The molecule has 1 saturated heterocycles. The molecule has 2 heterocycles. The van der Waals surface area contributed by atoms with Crippen LogP contribution in [0.3, 0.4) is 0 Å². The number of nitrogens with zero attached hydrogens (tertiary/aromatic N) is 4. The van der Waals surface area contributed by atoms with Crippen molar-refractivity contribution in [2.24, 2.45) is 10.9 Å². The van der Waals surface area contributed by atoms with Gasteiger partial charge in [0.25, 0.3) is 0 Å². The minimum absolute atomic E-state index is 0.124. The zero-order valence-corrected chi connectivity index (χ0v) is 23.9. The van der Waals surface area contributed by atoms with Crippen LogP contribution < -0.4 is 10.2 Å². The monoisotopic (exact) mass is 544 g/mol. The number of aryl methyl sites for hydroxylation is 1. The molecule has 0 spiro atoms. The molecule has 206 valence electrons. The molecule has 4 rings (SSSR count). The molecule has 0 amide bonds. The predicted molar refractivity (Wildman–Crippen MR) is 152 cm³/mol. The summed E-state index contributed by atoms with van der Waals surface area (Å²) in [6, 6.07) is 4.63. The second kappa shape index (κ2) is 12.3. The van der Waals surface area contributed by atoms with Crippen LogP contribution >= 0.6 is 11.8 Å². The van der Waals surface area contributed by atoms with E-state index in [1.54, 1.807) is 20.2 Å². The van der Waals surface area contributed by atoms with E-state index < -0.39 is 11.6 Å². The summed E-state index contributed by atoms with van der Waals surface area (Å²) >= 11 is 1.30. The van der Waals surface area contributed by atoms with E-state index in [0.717, 1.165) is 43.6 Å². The summed E-state index contributed by atoms with van der Waals surface area (Å²) in [5, 5.41) is 10.8. The van der Waals surface area contributed by atoms with Gasteiger partial charge in [0.1, 0.15) is 17.3 Å². The van der Waals surface area contributed by atoms with Crippen molar-refractivity contribution in [1.82, 2.24) is 15.1 Å². The minimum atomic E-state index is -0.619. The highest BCUT2D eigenvalue weighted by molar-refractivity contribution is 7.98. The van der Waals surface area contributed by atoms with E-state index in [9.17, 15) is 8.78 Å². The Labute approximate surface area is 228 Å². The number of halogens is 2. The molecular weight excluding hydrogens is 506 g/mol. The van der Waals surface area contributed by atoms with Gasteiger partial charge in [0.2, 0.25) is 0 Å². The minimum Gasteiger partial charge on any atom is -0.378 e. The molecule has 1 aromatic heterocycles. The van der Waals surface area contributed by atoms with E-state index in [2.05, 4.69) is 34.3 Å². The van der Waals surface area contributed by atoms with E-state index in [4.69, 9.17) is 9.73 Å². The number of aromatic nitrogens is 2. The molecule has 1 aliphatic carbocycles. The number of anilines is 2. The maximum Gasteiger partial charge on any atom is 0.153 e. The number of aromatic amines is 1. The Morgan fingerprint density at radius 1 is 1.21 bits per heavy atom. The summed E-state index contributed by atoms with van der Waals surface area (Å²) in [6.07, 6.45) is 4.82. The first-order valence-corrected chi connectivity index (χ1v) is 14.3. The van der Waals surface area contributed by atoms with Gasteiger partial charge in [-0.05, 0) is 69.9 Å². The van der Waals surface area contributed by atoms with Crippen LogP contribution in [-0.4, -0.2) is 60.5 Å². The molecule has 1 saturated carbocycles. The smallest absolute Gasteiger partial charge is 0.153 e. The lowest BCUT2D eigenvalue weighted by atomic mass is 9.99. The number of rotatable bonds is 9. The van der Waals surface area contributed by atoms with Gasteiger partial charge >= 0.3 is 0 Å². The van der Waals surface area contributed by atoms with Crippen molar-refractivity contribution in [3.63, 3.8) is 0 Å². The first kappa shape index (κ1) is 28.2. The Kier molecular flexibility index (Phi) is 9.15. The molecule has 0 atom stereocenters. The number of thioether (sulfide) groups is 1. The van der Waals surface area contributed by atoms with Gasteiger partial charge in [0.15, 0.2) is 17.5 Å². The Bertz CT molecular complexity index is 1220. The lowest BCUT2D eigenvalue weighted by Gasteiger charge is -2.34. The average molecular weight is 545 g/mol. The molecule has 2 aromatic rings. The maximum absolute atomic E-state index is 15.0. The van der Waals surface area contributed by atoms with Crippen LogP contribution in [0.4, 0.5) is 20.3 Å². The zero-order chi connectivity index (χ0) is 27.4. The summed E-state index contributed by atoms with van der Waals surface area (Å²) in [7, 11) is 1.64.